The maximum atomic E-state index is 11.8. The zero-order valence-corrected chi connectivity index (χ0v) is 20.6. The van der Waals surface area contributed by atoms with Crippen LogP contribution in [0.5, 0.6) is 0 Å². The molecule has 2 fully saturated rings. The summed E-state index contributed by atoms with van der Waals surface area (Å²) in [5.74, 6) is 0.701. The third-order valence-corrected chi connectivity index (χ3v) is 7.88. The van der Waals surface area contributed by atoms with E-state index in [1.54, 1.807) is 6.07 Å². The van der Waals surface area contributed by atoms with Crippen molar-refractivity contribution in [1.82, 2.24) is 15.1 Å². The van der Waals surface area contributed by atoms with Gasteiger partial charge in [0, 0.05) is 42.8 Å². The van der Waals surface area contributed by atoms with Crippen LogP contribution in [-0.4, -0.2) is 41.9 Å². The summed E-state index contributed by atoms with van der Waals surface area (Å²) in [5.41, 5.74) is 11.8. The van der Waals surface area contributed by atoms with Crippen molar-refractivity contribution in [3.63, 3.8) is 0 Å². The highest BCUT2D eigenvalue weighted by Crippen LogP contribution is 2.32. The molecule has 184 valence electrons. The van der Waals surface area contributed by atoms with E-state index in [1.807, 2.05) is 23.0 Å². The Bertz CT molecular complexity index is 1350. The van der Waals surface area contributed by atoms with E-state index in [9.17, 15) is 4.79 Å². The highest BCUT2D eigenvalue weighted by molar-refractivity contribution is 6.04. The molecule has 1 amide bonds. The number of nitrogens with one attached hydrogen (secondary N) is 1. The smallest absolute Gasteiger partial charge is 0.250 e. The third-order valence-electron chi connectivity index (χ3n) is 7.88. The normalized spacial score (nSPS) is 20.5. The number of anilines is 1. The molecule has 4 aromatic rings. The average molecular weight is 480 g/mol. The zero-order valence-electron chi connectivity index (χ0n) is 20.6. The summed E-state index contributed by atoms with van der Waals surface area (Å²) >= 11 is 0. The van der Waals surface area contributed by atoms with Crippen LogP contribution in [0.4, 0.5) is 5.69 Å². The van der Waals surface area contributed by atoms with Gasteiger partial charge in [-0.15, -0.1) is 0 Å². The van der Waals surface area contributed by atoms with Crippen molar-refractivity contribution in [2.45, 2.75) is 37.5 Å². The molecule has 0 bridgehead atoms. The number of piperidine rings is 2. The van der Waals surface area contributed by atoms with Crippen LogP contribution in [0.2, 0.25) is 0 Å². The molecule has 2 aliphatic rings. The maximum absolute atomic E-state index is 11.8. The van der Waals surface area contributed by atoms with Gasteiger partial charge in [0.25, 0.3) is 5.91 Å². The summed E-state index contributed by atoms with van der Waals surface area (Å²) in [4.78, 5) is 14.3. The van der Waals surface area contributed by atoms with Crippen molar-refractivity contribution in [3.05, 3.63) is 89.6 Å². The average Bonchev–Trinajstić information content (AvgIpc) is 3.38. The second-order valence-corrected chi connectivity index (χ2v) is 10.2. The van der Waals surface area contributed by atoms with Gasteiger partial charge < -0.3 is 16.0 Å². The summed E-state index contributed by atoms with van der Waals surface area (Å²) < 4.78 is 1.83. The van der Waals surface area contributed by atoms with Gasteiger partial charge in [0.1, 0.15) is 5.52 Å². The fourth-order valence-corrected chi connectivity index (χ4v) is 5.85. The molecule has 0 radical (unpaired) electrons. The molecule has 6 nitrogen and oxygen atoms in total. The van der Waals surface area contributed by atoms with Crippen molar-refractivity contribution < 1.29 is 4.79 Å². The number of carbonyl (C=O) groups is 1. The first-order valence-electron chi connectivity index (χ1n) is 13.1. The Balaban J connectivity index is 1.16. The standard InChI is InChI=1S/C30H33N5O/c31-30(36)28-7-1-4-25-20-35(33-29(25)28)27-14-10-22(11-15-27)24-6-3-17-34(19-24)26-12-8-21(9-13-26)23-5-2-16-32-18-23/h1,4,7-15,20,23-24,32H,2-3,5-6,16-19H2,(H2,31,36)/t23-,24-/m1/s1. The van der Waals surface area contributed by atoms with Crippen molar-refractivity contribution in [1.29, 1.82) is 0 Å². The fraction of sp³-hybridized carbons (Fsp3) is 0.333. The van der Waals surface area contributed by atoms with Crippen LogP contribution >= 0.6 is 0 Å². The molecular weight excluding hydrogens is 446 g/mol. The molecule has 0 unspecified atom stereocenters. The maximum Gasteiger partial charge on any atom is 0.250 e. The second-order valence-electron chi connectivity index (χ2n) is 10.2. The lowest BCUT2D eigenvalue weighted by atomic mass is 9.89. The molecule has 1 aromatic heterocycles. The summed E-state index contributed by atoms with van der Waals surface area (Å²) in [5, 5.41) is 9.08. The quantitative estimate of drug-likeness (QED) is 0.424. The highest BCUT2D eigenvalue weighted by Gasteiger charge is 2.22. The number of amides is 1. The van der Waals surface area contributed by atoms with Gasteiger partial charge in [-0.2, -0.15) is 5.10 Å². The first kappa shape index (κ1) is 22.8. The first-order chi connectivity index (χ1) is 17.7. The number of fused-ring (bicyclic) bond motifs is 1. The SMILES string of the molecule is NC(=O)c1cccc2cn(-c3ccc([C@@H]4CCCN(c5ccc([C@@H]6CCCNC6)cc5)C4)cc3)nc12. The number of hydrogen-bond acceptors (Lipinski definition) is 4. The number of benzene rings is 3. The Hall–Kier alpha value is -3.64. The molecule has 0 saturated carbocycles. The summed E-state index contributed by atoms with van der Waals surface area (Å²) in [6.45, 7) is 4.40. The van der Waals surface area contributed by atoms with Gasteiger partial charge in [-0.3, -0.25) is 4.79 Å². The largest absolute Gasteiger partial charge is 0.371 e. The van der Waals surface area contributed by atoms with Gasteiger partial charge >= 0.3 is 0 Å². The van der Waals surface area contributed by atoms with Crippen molar-refractivity contribution in [2.24, 2.45) is 5.73 Å². The van der Waals surface area contributed by atoms with Gasteiger partial charge in [-0.25, -0.2) is 4.68 Å². The number of hydrogen-bond donors (Lipinski definition) is 2. The van der Waals surface area contributed by atoms with Crippen molar-refractivity contribution in [2.75, 3.05) is 31.1 Å². The molecule has 6 rings (SSSR count). The second kappa shape index (κ2) is 9.78. The summed E-state index contributed by atoms with van der Waals surface area (Å²) in [6.07, 6.45) is 6.90. The molecule has 2 saturated heterocycles. The van der Waals surface area contributed by atoms with E-state index in [0.717, 1.165) is 37.3 Å². The predicted molar refractivity (Wildman–Crippen MR) is 145 cm³/mol. The van der Waals surface area contributed by atoms with Gasteiger partial charge in [-0.05, 0) is 79.6 Å². The van der Waals surface area contributed by atoms with Crippen molar-refractivity contribution >= 4 is 22.5 Å². The van der Waals surface area contributed by atoms with Crippen LogP contribution in [0.3, 0.4) is 0 Å². The topological polar surface area (TPSA) is 76.2 Å². The Kier molecular flexibility index (Phi) is 6.20. The molecule has 0 aliphatic carbocycles. The Morgan fingerprint density at radius 2 is 1.61 bits per heavy atom. The van der Waals surface area contributed by atoms with E-state index < -0.39 is 5.91 Å². The third kappa shape index (κ3) is 4.49. The van der Waals surface area contributed by atoms with Gasteiger partial charge in [0.15, 0.2) is 0 Å². The van der Waals surface area contributed by atoms with E-state index in [2.05, 4.69) is 63.8 Å². The minimum Gasteiger partial charge on any atom is -0.371 e. The van der Waals surface area contributed by atoms with Crippen LogP contribution in [0.15, 0.2) is 72.9 Å². The molecule has 3 heterocycles. The molecule has 3 N–H and O–H groups in total. The van der Waals surface area contributed by atoms with E-state index in [4.69, 9.17) is 5.73 Å². The van der Waals surface area contributed by atoms with Crippen LogP contribution in [0, 0.1) is 0 Å². The number of primary amides is 1. The Labute approximate surface area is 212 Å². The molecule has 36 heavy (non-hydrogen) atoms. The molecule has 6 heteroatoms. The van der Waals surface area contributed by atoms with Gasteiger partial charge in [-0.1, -0.05) is 36.4 Å². The molecule has 2 atom stereocenters. The molecule has 3 aromatic carbocycles. The highest BCUT2D eigenvalue weighted by atomic mass is 16.1. The monoisotopic (exact) mass is 479 g/mol. The minimum atomic E-state index is -0.455. The summed E-state index contributed by atoms with van der Waals surface area (Å²) in [7, 11) is 0. The number of rotatable bonds is 5. The van der Waals surface area contributed by atoms with Crippen LogP contribution in [0.25, 0.3) is 16.6 Å². The minimum absolute atomic E-state index is 0.452. The number of nitrogens with two attached hydrogens (primary N) is 1. The Morgan fingerprint density at radius 3 is 2.33 bits per heavy atom. The predicted octanol–water partition coefficient (Wildman–Crippen LogP) is 4.98. The first-order valence-corrected chi connectivity index (χ1v) is 13.1. The number of nitrogens with zero attached hydrogens (tertiary/aromatic N) is 3. The lowest BCUT2D eigenvalue weighted by molar-refractivity contribution is 0.100. The summed E-state index contributed by atoms with van der Waals surface area (Å²) in [6, 6.07) is 23.5. The van der Waals surface area contributed by atoms with Gasteiger partial charge in [0.05, 0.1) is 11.3 Å². The van der Waals surface area contributed by atoms with Crippen LogP contribution in [0.1, 0.15) is 59.0 Å². The van der Waals surface area contributed by atoms with Crippen molar-refractivity contribution in [3.8, 4) is 5.69 Å². The van der Waals surface area contributed by atoms with E-state index >= 15 is 0 Å². The zero-order chi connectivity index (χ0) is 24.5. The molecule has 0 spiro atoms. The van der Waals surface area contributed by atoms with E-state index in [0.29, 0.717) is 22.9 Å². The Morgan fingerprint density at radius 1 is 0.889 bits per heavy atom. The molecule has 2 aliphatic heterocycles. The number of carbonyl (C=O) groups excluding carboxylic acids is 1. The van der Waals surface area contributed by atoms with Gasteiger partial charge in [0.2, 0.25) is 0 Å². The fourth-order valence-electron chi connectivity index (χ4n) is 5.85. The van der Waals surface area contributed by atoms with Crippen LogP contribution in [-0.2, 0) is 0 Å². The lowest BCUT2D eigenvalue weighted by Crippen LogP contribution is -2.34. The van der Waals surface area contributed by atoms with E-state index in [-0.39, 0.29) is 0 Å². The number of aromatic nitrogens is 2. The van der Waals surface area contributed by atoms with E-state index in [1.165, 1.54) is 42.5 Å². The lowest BCUT2D eigenvalue weighted by Gasteiger charge is -2.35. The molecular formula is C30H33N5O. The van der Waals surface area contributed by atoms with Crippen LogP contribution < -0.4 is 16.0 Å².